The lowest BCUT2D eigenvalue weighted by Gasteiger charge is -2.08. The third kappa shape index (κ3) is 3.37. The summed E-state index contributed by atoms with van der Waals surface area (Å²) < 4.78 is 2.54. The van der Waals surface area contributed by atoms with Crippen molar-refractivity contribution >= 4 is 45.5 Å². The van der Waals surface area contributed by atoms with Crippen LogP contribution in [-0.2, 0) is 0 Å². The smallest absolute Gasteiger partial charge is 0.319 e. The van der Waals surface area contributed by atoms with Crippen molar-refractivity contribution in [2.45, 2.75) is 0 Å². The highest BCUT2D eigenvalue weighted by molar-refractivity contribution is 7.11. The van der Waals surface area contributed by atoms with Gasteiger partial charge in [0.1, 0.15) is 10.7 Å². The zero-order chi connectivity index (χ0) is 15.4. The van der Waals surface area contributed by atoms with Crippen molar-refractivity contribution < 1.29 is 4.79 Å². The van der Waals surface area contributed by atoms with Crippen molar-refractivity contribution in [2.24, 2.45) is 0 Å². The van der Waals surface area contributed by atoms with Crippen LogP contribution in [0.5, 0.6) is 0 Å². The molecule has 0 unspecified atom stereocenters. The van der Waals surface area contributed by atoms with Crippen molar-refractivity contribution in [1.82, 2.24) is 9.69 Å². The molecule has 108 valence electrons. The largest absolute Gasteiger partial charge is 0.344 e. The van der Waals surface area contributed by atoms with Crippen LogP contribution in [0.15, 0.2) is 23.0 Å². The first-order chi connectivity index (χ1) is 10.0. The van der Waals surface area contributed by atoms with Crippen molar-refractivity contribution in [1.29, 1.82) is 0 Å². The lowest BCUT2D eigenvalue weighted by molar-refractivity contribution is 0.254. The Bertz CT molecular complexity index is 775. The molecule has 0 spiro atoms. The molecule has 1 heterocycles. The van der Waals surface area contributed by atoms with Gasteiger partial charge in [-0.3, -0.25) is 9.17 Å². The minimum atomic E-state index is -0.484. The fourth-order valence-electron chi connectivity index (χ4n) is 1.52. The molecular weight excluding hydrogens is 312 g/mol. The number of amides is 2. The number of urea groups is 1. The number of hydrogen-bond acceptors (Lipinski definition) is 4. The summed E-state index contributed by atoms with van der Waals surface area (Å²) in [6, 6.07) is 4.58. The second kappa shape index (κ2) is 6.35. The Labute approximate surface area is 129 Å². The highest BCUT2D eigenvalue weighted by Crippen LogP contribution is 2.28. The SMILES string of the molecule is C#Cc1ccc(Nc2s[nH]c(=O)c2NC(=O)NC)cc1Cl. The molecular formula is C13H11ClN4O2S. The summed E-state index contributed by atoms with van der Waals surface area (Å²) in [5.74, 6) is 2.46. The Kier molecular flexibility index (Phi) is 4.52. The Balaban J connectivity index is 2.28. The van der Waals surface area contributed by atoms with E-state index in [0.29, 0.717) is 21.3 Å². The van der Waals surface area contributed by atoms with Gasteiger partial charge in [0, 0.05) is 18.3 Å². The van der Waals surface area contributed by atoms with E-state index in [4.69, 9.17) is 18.0 Å². The molecule has 0 saturated heterocycles. The van der Waals surface area contributed by atoms with Gasteiger partial charge in [0.25, 0.3) is 5.56 Å². The number of carbonyl (C=O) groups excluding carboxylic acids is 1. The molecule has 0 aliphatic heterocycles. The molecule has 2 aromatic rings. The molecule has 4 N–H and O–H groups in total. The Morgan fingerprint density at radius 3 is 2.86 bits per heavy atom. The van der Waals surface area contributed by atoms with E-state index in [9.17, 15) is 9.59 Å². The summed E-state index contributed by atoms with van der Waals surface area (Å²) in [5.41, 5.74) is 0.969. The van der Waals surface area contributed by atoms with E-state index in [2.05, 4.69) is 26.2 Å². The maximum absolute atomic E-state index is 11.7. The average molecular weight is 323 g/mol. The highest BCUT2D eigenvalue weighted by atomic mass is 35.5. The molecule has 0 fully saturated rings. The molecule has 1 aromatic carbocycles. The first-order valence-electron chi connectivity index (χ1n) is 5.78. The predicted molar refractivity (Wildman–Crippen MR) is 85.7 cm³/mol. The standard InChI is InChI=1S/C13H11ClN4O2S/c1-3-7-4-5-8(6-9(7)14)16-12-10(11(19)18-21-12)17-13(20)15-2/h1,4-6,16H,2H3,(H,18,19)(H2,15,17,20). The minimum Gasteiger partial charge on any atom is -0.344 e. The number of benzene rings is 1. The van der Waals surface area contributed by atoms with Gasteiger partial charge in [-0.15, -0.1) is 6.42 Å². The number of anilines is 3. The number of nitrogens with one attached hydrogen (secondary N) is 4. The number of aromatic nitrogens is 1. The molecule has 6 nitrogen and oxygen atoms in total. The van der Waals surface area contributed by atoms with E-state index in [1.807, 2.05) is 0 Å². The molecule has 0 radical (unpaired) electrons. The van der Waals surface area contributed by atoms with Gasteiger partial charge in [0.2, 0.25) is 0 Å². The van der Waals surface area contributed by atoms with Crippen LogP contribution in [0.2, 0.25) is 5.02 Å². The number of rotatable bonds is 3. The van der Waals surface area contributed by atoms with Gasteiger partial charge in [0.15, 0.2) is 0 Å². The third-order valence-corrected chi connectivity index (χ3v) is 3.66. The molecule has 0 atom stereocenters. The van der Waals surface area contributed by atoms with Crippen molar-refractivity contribution in [2.75, 3.05) is 17.7 Å². The maximum atomic E-state index is 11.7. The van der Waals surface area contributed by atoms with Gasteiger partial charge in [-0.1, -0.05) is 17.5 Å². The van der Waals surface area contributed by atoms with Gasteiger partial charge >= 0.3 is 6.03 Å². The second-order valence-corrected chi connectivity index (χ2v) is 5.13. The van der Waals surface area contributed by atoms with Crippen LogP contribution in [0, 0.1) is 12.3 Å². The number of terminal acetylenes is 1. The first kappa shape index (κ1) is 15.0. The molecule has 0 aliphatic carbocycles. The van der Waals surface area contributed by atoms with Crippen molar-refractivity contribution in [3.63, 3.8) is 0 Å². The zero-order valence-corrected chi connectivity index (χ0v) is 12.5. The highest BCUT2D eigenvalue weighted by Gasteiger charge is 2.13. The summed E-state index contributed by atoms with van der Waals surface area (Å²) in [7, 11) is 1.46. The summed E-state index contributed by atoms with van der Waals surface area (Å²) in [6.45, 7) is 0. The van der Waals surface area contributed by atoms with Gasteiger partial charge in [0.05, 0.1) is 5.02 Å². The molecule has 8 heteroatoms. The van der Waals surface area contributed by atoms with Crippen LogP contribution in [0.3, 0.4) is 0 Å². The van der Waals surface area contributed by atoms with E-state index >= 15 is 0 Å². The molecule has 0 aliphatic rings. The molecule has 0 saturated carbocycles. The number of H-pyrrole nitrogens is 1. The van der Waals surface area contributed by atoms with E-state index in [-0.39, 0.29) is 5.69 Å². The molecule has 1 aromatic heterocycles. The number of carbonyl (C=O) groups is 1. The van der Waals surface area contributed by atoms with Crippen LogP contribution >= 0.6 is 23.1 Å². The van der Waals surface area contributed by atoms with Gasteiger partial charge < -0.3 is 16.0 Å². The van der Waals surface area contributed by atoms with Gasteiger partial charge in [-0.05, 0) is 29.7 Å². The van der Waals surface area contributed by atoms with Crippen LogP contribution in [0.4, 0.5) is 21.2 Å². The zero-order valence-electron chi connectivity index (χ0n) is 10.9. The first-order valence-corrected chi connectivity index (χ1v) is 6.98. The van der Waals surface area contributed by atoms with Crippen LogP contribution < -0.4 is 21.5 Å². The Hall–Kier alpha value is -2.43. The Morgan fingerprint density at radius 1 is 1.48 bits per heavy atom. The van der Waals surface area contributed by atoms with Crippen molar-refractivity contribution in [3.05, 3.63) is 39.1 Å². The minimum absolute atomic E-state index is 0.136. The van der Waals surface area contributed by atoms with Crippen molar-refractivity contribution in [3.8, 4) is 12.3 Å². The summed E-state index contributed by atoms with van der Waals surface area (Å²) in [4.78, 5) is 23.0. The van der Waals surface area contributed by atoms with E-state index in [1.165, 1.54) is 7.05 Å². The van der Waals surface area contributed by atoms with Crippen LogP contribution in [0.1, 0.15) is 5.56 Å². The van der Waals surface area contributed by atoms with Gasteiger partial charge in [-0.2, -0.15) is 0 Å². The van der Waals surface area contributed by atoms with E-state index in [1.54, 1.807) is 18.2 Å². The third-order valence-electron chi connectivity index (χ3n) is 2.55. The molecule has 2 rings (SSSR count). The second-order valence-electron chi connectivity index (χ2n) is 3.91. The lowest BCUT2D eigenvalue weighted by atomic mass is 10.2. The lowest BCUT2D eigenvalue weighted by Crippen LogP contribution is -2.27. The normalized spacial score (nSPS) is 9.76. The van der Waals surface area contributed by atoms with Gasteiger partial charge in [-0.25, -0.2) is 4.79 Å². The monoisotopic (exact) mass is 322 g/mol. The fourth-order valence-corrected chi connectivity index (χ4v) is 2.47. The molecule has 21 heavy (non-hydrogen) atoms. The summed E-state index contributed by atoms with van der Waals surface area (Å²) >= 11 is 7.08. The van der Waals surface area contributed by atoms with Crippen LogP contribution in [-0.4, -0.2) is 17.5 Å². The number of aromatic amines is 1. The predicted octanol–water partition coefficient (Wildman–Crippen LogP) is 2.57. The maximum Gasteiger partial charge on any atom is 0.319 e. The molecule has 2 amide bonds. The topological polar surface area (TPSA) is 86.0 Å². The van der Waals surface area contributed by atoms with E-state index < -0.39 is 11.6 Å². The molecule has 0 bridgehead atoms. The fraction of sp³-hybridized carbons (Fsp3) is 0.0769. The quantitative estimate of drug-likeness (QED) is 0.655. The van der Waals surface area contributed by atoms with Crippen LogP contribution in [0.25, 0.3) is 0 Å². The Morgan fingerprint density at radius 2 is 2.24 bits per heavy atom. The number of hydrogen-bond donors (Lipinski definition) is 4. The van der Waals surface area contributed by atoms with E-state index in [0.717, 1.165) is 11.5 Å². The number of halogens is 1. The summed E-state index contributed by atoms with van der Waals surface area (Å²) in [5, 5.41) is 8.73. The summed E-state index contributed by atoms with van der Waals surface area (Å²) in [6.07, 6.45) is 5.30. The average Bonchev–Trinajstić information content (AvgIpc) is 2.80.